The minimum Gasteiger partial charge on any atom is -0.345 e. The molecule has 3 aromatic heterocycles. The zero-order chi connectivity index (χ0) is 20.8. The molecule has 0 amide bonds. The van der Waals surface area contributed by atoms with Crippen LogP contribution in [0, 0.1) is 11.6 Å². The van der Waals surface area contributed by atoms with E-state index in [2.05, 4.69) is 30.6 Å². The maximum Gasteiger partial charge on any atom is 0.262 e. The Kier molecular flexibility index (Phi) is 4.97. The van der Waals surface area contributed by atoms with E-state index >= 15 is 4.39 Å². The molecule has 3 heterocycles. The van der Waals surface area contributed by atoms with Gasteiger partial charge in [-0.15, -0.1) is 0 Å². The van der Waals surface area contributed by atoms with Gasteiger partial charge in [0.1, 0.15) is 11.5 Å². The number of sulfonamides is 1. The van der Waals surface area contributed by atoms with Gasteiger partial charge >= 0.3 is 0 Å². The van der Waals surface area contributed by atoms with Crippen molar-refractivity contribution in [3.63, 3.8) is 0 Å². The summed E-state index contributed by atoms with van der Waals surface area (Å²) in [6.07, 6.45) is 2.81. The number of fused-ring (bicyclic) bond motifs is 1. The highest BCUT2D eigenvalue weighted by Crippen LogP contribution is 2.29. The number of ketones is 1. The number of pyridine rings is 1. The van der Waals surface area contributed by atoms with Crippen molar-refractivity contribution in [2.75, 3.05) is 4.72 Å². The first-order valence-electron chi connectivity index (χ1n) is 7.98. The molecule has 0 unspecified atom stereocenters. The van der Waals surface area contributed by atoms with E-state index in [1.54, 1.807) is 11.4 Å². The Hall–Kier alpha value is -2.63. The summed E-state index contributed by atoms with van der Waals surface area (Å²) in [5.41, 5.74) is -1.02. The lowest BCUT2D eigenvalue weighted by atomic mass is 10.0. The Balaban J connectivity index is 1.79. The second-order valence-corrected chi connectivity index (χ2v) is 9.31. The highest BCUT2D eigenvalue weighted by Gasteiger charge is 2.26. The fraction of sp³-hybridized carbons (Fsp3) is 0. The molecular formula is C18H10BrF2N3O3S2. The number of thiophene rings is 1. The quantitative estimate of drug-likeness (QED) is 0.391. The Labute approximate surface area is 175 Å². The first-order chi connectivity index (χ1) is 13.8. The van der Waals surface area contributed by atoms with Gasteiger partial charge in [0.15, 0.2) is 5.82 Å². The molecule has 0 aliphatic carbocycles. The van der Waals surface area contributed by atoms with E-state index < -0.39 is 38.7 Å². The average molecular weight is 498 g/mol. The summed E-state index contributed by atoms with van der Waals surface area (Å²) in [7, 11) is -4.08. The largest absolute Gasteiger partial charge is 0.345 e. The van der Waals surface area contributed by atoms with Crippen LogP contribution in [-0.2, 0) is 10.0 Å². The summed E-state index contributed by atoms with van der Waals surface area (Å²) >= 11 is 4.39. The summed E-state index contributed by atoms with van der Waals surface area (Å²) < 4.78 is 56.7. The molecule has 4 aromatic rings. The molecule has 0 spiro atoms. The lowest BCUT2D eigenvalue weighted by Crippen LogP contribution is -2.16. The van der Waals surface area contributed by atoms with E-state index in [4.69, 9.17) is 0 Å². The summed E-state index contributed by atoms with van der Waals surface area (Å²) in [4.78, 5) is 19.7. The molecule has 29 heavy (non-hydrogen) atoms. The van der Waals surface area contributed by atoms with Crippen LogP contribution in [0.5, 0.6) is 0 Å². The van der Waals surface area contributed by atoms with Gasteiger partial charge < -0.3 is 4.98 Å². The molecule has 11 heteroatoms. The molecule has 0 atom stereocenters. The monoisotopic (exact) mass is 497 g/mol. The first kappa shape index (κ1) is 19.7. The predicted molar refractivity (Wildman–Crippen MR) is 109 cm³/mol. The Morgan fingerprint density at radius 3 is 2.76 bits per heavy atom. The van der Waals surface area contributed by atoms with Crippen molar-refractivity contribution in [3.05, 3.63) is 74.7 Å². The number of aromatic nitrogens is 2. The number of H-pyrrole nitrogens is 1. The molecule has 4 rings (SSSR count). The SMILES string of the molecule is O=C(c1c(F)ccc(NS(=O)(=O)c2ccsc2)c1F)c1c[nH]c2ncc(Br)cc12. The van der Waals surface area contributed by atoms with Crippen LogP contribution < -0.4 is 4.72 Å². The number of carbonyl (C=O) groups excluding carboxylic acids is 1. The third-order valence-corrected chi connectivity index (χ3v) is 6.74. The zero-order valence-electron chi connectivity index (χ0n) is 14.2. The number of carbonyl (C=O) groups is 1. The fourth-order valence-corrected chi connectivity index (χ4v) is 5.17. The molecular weight excluding hydrogens is 488 g/mol. The maximum absolute atomic E-state index is 15.0. The van der Waals surface area contributed by atoms with Crippen LogP contribution in [0.2, 0.25) is 0 Å². The Morgan fingerprint density at radius 2 is 2.03 bits per heavy atom. The molecule has 0 saturated carbocycles. The third-order valence-electron chi connectivity index (χ3n) is 4.11. The number of nitrogens with one attached hydrogen (secondary N) is 2. The van der Waals surface area contributed by atoms with Crippen LogP contribution in [0.4, 0.5) is 14.5 Å². The Bertz CT molecular complexity index is 1350. The van der Waals surface area contributed by atoms with Crippen molar-refractivity contribution in [1.29, 1.82) is 0 Å². The van der Waals surface area contributed by atoms with Crippen molar-refractivity contribution in [2.45, 2.75) is 4.90 Å². The van der Waals surface area contributed by atoms with Gasteiger partial charge in [-0.3, -0.25) is 9.52 Å². The van der Waals surface area contributed by atoms with Crippen LogP contribution in [0.3, 0.4) is 0 Å². The molecule has 0 saturated heterocycles. The first-order valence-corrected chi connectivity index (χ1v) is 11.2. The van der Waals surface area contributed by atoms with E-state index in [1.807, 2.05) is 0 Å². The number of hydrogen-bond acceptors (Lipinski definition) is 5. The number of anilines is 1. The average Bonchev–Trinajstić information content (AvgIpc) is 3.34. The molecule has 0 aliphatic rings. The number of rotatable bonds is 5. The minimum absolute atomic E-state index is 0.00411. The van der Waals surface area contributed by atoms with Crippen LogP contribution >= 0.6 is 27.3 Å². The molecule has 2 N–H and O–H groups in total. The van der Waals surface area contributed by atoms with Crippen molar-refractivity contribution in [1.82, 2.24) is 9.97 Å². The molecule has 0 bridgehead atoms. The summed E-state index contributed by atoms with van der Waals surface area (Å²) in [6.45, 7) is 0. The predicted octanol–water partition coefficient (Wildman–Crippen LogP) is 4.70. The van der Waals surface area contributed by atoms with Gasteiger partial charge in [0.25, 0.3) is 10.0 Å². The topological polar surface area (TPSA) is 91.9 Å². The summed E-state index contributed by atoms with van der Waals surface area (Å²) in [6, 6.07) is 4.70. The van der Waals surface area contributed by atoms with Crippen LogP contribution in [0.1, 0.15) is 15.9 Å². The normalized spacial score (nSPS) is 11.7. The number of nitrogens with zero attached hydrogens (tertiary/aromatic N) is 1. The lowest BCUT2D eigenvalue weighted by Gasteiger charge is -2.11. The van der Waals surface area contributed by atoms with E-state index in [9.17, 15) is 17.6 Å². The highest BCUT2D eigenvalue weighted by atomic mass is 79.9. The number of benzene rings is 1. The highest BCUT2D eigenvalue weighted by molar-refractivity contribution is 9.10. The van der Waals surface area contributed by atoms with Gasteiger partial charge in [-0.2, -0.15) is 11.3 Å². The fourth-order valence-electron chi connectivity index (χ4n) is 2.75. The van der Waals surface area contributed by atoms with E-state index in [1.165, 1.54) is 23.8 Å². The van der Waals surface area contributed by atoms with E-state index in [0.717, 1.165) is 23.5 Å². The van der Waals surface area contributed by atoms with Gasteiger partial charge in [-0.1, -0.05) is 0 Å². The van der Waals surface area contributed by atoms with Crippen molar-refractivity contribution >= 4 is 59.8 Å². The molecule has 148 valence electrons. The van der Waals surface area contributed by atoms with Crippen LogP contribution in [0.25, 0.3) is 11.0 Å². The van der Waals surface area contributed by atoms with Gasteiger partial charge in [-0.25, -0.2) is 22.2 Å². The van der Waals surface area contributed by atoms with Gasteiger partial charge in [-0.05, 0) is 45.6 Å². The van der Waals surface area contributed by atoms with Crippen molar-refractivity contribution in [2.24, 2.45) is 0 Å². The van der Waals surface area contributed by atoms with E-state index in [0.29, 0.717) is 15.5 Å². The molecule has 0 aliphatic heterocycles. The van der Waals surface area contributed by atoms with Gasteiger partial charge in [0, 0.05) is 33.2 Å². The van der Waals surface area contributed by atoms with Crippen LogP contribution in [-0.4, -0.2) is 24.2 Å². The van der Waals surface area contributed by atoms with Crippen LogP contribution in [0.15, 0.2) is 56.8 Å². The van der Waals surface area contributed by atoms with Crippen molar-refractivity contribution in [3.8, 4) is 0 Å². The number of hydrogen-bond donors (Lipinski definition) is 2. The molecule has 6 nitrogen and oxygen atoms in total. The zero-order valence-corrected chi connectivity index (χ0v) is 17.5. The summed E-state index contributed by atoms with van der Waals surface area (Å²) in [5, 5.41) is 3.28. The maximum atomic E-state index is 15.0. The van der Waals surface area contributed by atoms with Gasteiger partial charge in [0.05, 0.1) is 16.1 Å². The lowest BCUT2D eigenvalue weighted by molar-refractivity contribution is 0.103. The molecule has 0 radical (unpaired) electrons. The summed E-state index contributed by atoms with van der Waals surface area (Å²) in [5.74, 6) is -3.35. The molecule has 1 aromatic carbocycles. The number of halogens is 3. The number of aromatic amines is 1. The second kappa shape index (κ2) is 7.32. The smallest absolute Gasteiger partial charge is 0.262 e. The standard InChI is InChI=1S/C18H10BrF2N3O3S2/c19-9-5-11-12(7-23-18(11)22-6-9)17(25)15-13(20)1-2-14(16(15)21)24-29(26,27)10-3-4-28-8-10/h1-8,24H,(H,22,23). The van der Waals surface area contributed by atoms with Gasteiger partial charge in [0.2, 0.25) is 5.78 Å². The Morgan fingerprint density at radius 1 is 1.24 bits per heavy atom. The second-order valence-electron chi connectivity index (χ2n) is 5.93. The molecule has 0 fully saturated rings. The van der Waals surface area contributed by atoms with E-state index in [-0.39, 0.29) is 10.5 Å². The minimum atomic E-state index is -4.08. The third kappa shape index (κ3) is 3.56. The van der Waals surface area contributed by atoms with Crippen molar-refractivity contribution < 1.29 is 22.0 Å².